The summed E-state index contributed by atoms with van der Waals surface area (Å²) in [5.74, 6) is -1.05. The Morgan fingerprint density at radius 1 is 1.27 bits per heavy atom. The van der Waals surface area contributed by atoms with E-state index in [0.29, 0.717) is 31.5 Å². The lowest BCUT2D eigenvalue weighted by Crippen LogP contribution is -2.41. The maximum Gasteiger partial charge on any atom is 0.416 e. The average Bonchev–Trinajstić information content (AvgIpc) is 3.40. The van der Waals surface area contributed by atoms with Gasteiger partial charge in [-0.05, 0) is 49.1 Å². The van der Waals surface area contributed by atoms with Crippen LogP contribution in [0.1, 0.15) is 49.1 Å². The van der Waals surface area contributed by atoms with Crippen molar-refractivity contribution >= 4 is 11.9 Å². The molecule has 3 atom stereocenters. The van der Waals surface area contributed by atoms with E-state index in [1.807, 2.05) is 0 Å². The Morgan fingerprint density at radius 2 is 2.04 bits per heavy atom. The van der Waals surface area contributed by atoms with Gasteiger partial charge in [0.05, 0.1) is 5.56 Å². The van der Waals surface area contributed by atoms with Crippen LogP contribution in [0.5, 0.6) is 0 Å². The monoisotopic (exact) mass is 369 g/mol. The zero-order valence-electron chi connectivity index (χ0n) is 14.3. The molecule has 0 unspecified atom stereocenters. The molecule has 1 N–H and O–H groups in total. The number of carboxylic acid groups (broad SMARTS) is 1. The third-order valence-corrected chi connectivity index (χ3v) is 5.35. The van der Waals surface area contributed by atoms with E-state index >= 15 is 0 Å². The third-order valence-electron chi connectivity index (χ3n) is 5.35. The number of piperidine rings is 1. The summed E-state index contributed by atoms with van der Waals surface area (Å²) in [7, 11) is 0. The van der Waals surface area contributed by atoms with Crippen LogP contribution in [0.25, 0.3) is 0 Å². The predicted octanol–water partition coefficient (Wildman–Crippen LogP) is 3.91. The van der Waals surface area contributed by atoms with Crippen molar-refractivity contribution in [1.82, 2.24) is 4.90 Å². The molecule has 0 spiro atoms. The number of likely N-dealkylation sites (tertiary alicyclic amines) is 1. The largest absolute Gasteiger partial charge is 0.481 e. The average molecular weight is 369 g/mol. The van der Waals surface area contributed by atoms with Gasteiger partial charge in [-0.2, -0.15) is 13.2 Å². The molecule has 1 aliphatic heterocycles. The molecule has 26 heavy (non-hydrogen) atoms. The van der Waals surface area contributed by atoms with Crippen LogP contribution in [-0.2, 0) is 15.8 Å². The van der Waals surface area contributed by atoms with Crippen molar-refractivity contribution in [3.05, 3.63) is 35.4 Å². The number of hydrogen-bond donors (Lipinski definition) is 1. The molecule has 3 rings (SSSR count). The molecule has 1 saturated heterocycles. The van der Waals surface area contributed by atoms with Crippen LogP contribution in [0.4, 0.5) is 13.2 Å². The Hall–Kier alpha value is -2.05. The first-order chi connectivity index (χ1) is 12.3. The maximum atomic E-state index is 12.9. The van der Waals surface area contributed by atoms with Crippen LogP contribution in [0, 0.1) is 11.8 Å². The number of aliphatic carboxylic acids is 1. The Bertz CT molecular complexity index is 689. The smallest absolute Gasteiger partial charge is 0.416 e. The molecular weight excluding hydrogens is 347 g/mol. The van der Waals surface area contributed by atoms with E-state index in [1.165, 1.54) is 6.07 Å². The highest BCUT2D eigenvalue weighted by atomic mass is 19.4. The van der Waals surface area contributed by atoms with Gasteiger partial charge in [-0.3, -0.25) is 9.59 Å². The number of rotatable bonds is 5. The molecule has 1 aromatic rings. The first kappa shape index (κ1) is 18.7. The van der Waals surface area contributed by atoms with E-state index in [9.17, 15) is 22.8 Å². The summed E-state index contributed by atoms with van der Waals surface area (Å²) >= 11 is 0. The van der Waals surface area contributed by atoms with E-state index in [4.69, 9.17) is 5.11 Å². The fourth-order valence-corrected chi connectivity index (χ4v) is 3.84. The molecule has 1 aromatic carbocycles. The molecule has 1 amide bonds. The van der Waals surface area contributed by atoms with Gasteiger partial charge in [0.15, 0.2) is 0 Å². The van der Waals surface area contributed by atoms with Crippen molar-refractivity contribution in [1.29, 1.82) is 0 Å². The zero-order chi connectivity index (χ0) is 18.9. The molecule has 0 radical (unpaired) electrons. The Morgan fingerprint density at radius 3 is 2.73 bits per heavy atom. The zero-order valence-corrected chi connectivity index (χ0v) is 14.3. The first-order valence-corrected chi connectivity index (χ1v) is 8.93. The molecule has 1 aliphatic carbocycles. The van der Waals surface area contributed by atoms with E-state index in [-0.39, 0.29) is 30.1 Å². The molecule has 1 heterocycles. The minimum absolute atomic E-state index is 0.00700. The minimum atomic E-state index is -4.38. The van der Waals surface area contributed by atoms with Gasteiger partial charge >= 0.3 is 12.1 Å². The van der Waals surface area contributed by atoms with Crippen LogP contribution >= 0.6 is 0 Å². The molecule has 0 aromatic heterocycles. The van der Waals surface area contributed by atoms with Crippen LogP contribution in [0.3, 0.4) is 0 Å². The summed E-state index contributed by atoms with van der Waals surface area (Å²) in [4.78, 5) is 25.2. The lowest BCUT2D eigenvalue weighted by atomic mass is 9.93. The van der Waals surface area contributed by atoms with Gasteiger partial charge in [-0.15, -0.1) is 0 Å². The quantitative estimate of drug-likeness (QED) is 0.856. The summed E-state index contributed by atoms with van der Waals surface area (Å²) in [6.45, 7) is 1.20. The van der Waals surface area contributed by atoms with Crippen LogP contribution < -0.4 is 0 Å². The summed E-state index contributed by atoms with van der Waals surface area (Å²) in [6, 6.07) is 5.23. The number of carbonyl (C=O) groups excluding carboxylic acids is 1. The molecule has 142 valence electrons. The molecule has 2 fully saturated rings. The standard InChI is InChI=1S/C19H22F3NO3/c20-19(21,22)14-5-1-4-13(9-14)15-10-16(15)18(26)23-8-2-3-12(11-23)6-7-17(24)25/h1,4-5,9,12,15-16H,2-3,6-8,10-11H2,(H,24,25)/t12-,15+,16-/m0/s1. The number of amides is 1. The van der Waals surface area contributed by atoms with Crippen LogP contribution in [-0.4, -0.2) is 35.0 Å². The van der Waals surface area contributed by atoms with Gasteiger partial charge in [0.1, 0.15) is 0 Å². The number of carbonyl (C=O) groups is 2. The second-order valence-electron chi connectivity index (χ2n) is 7.30. The summed E-state index contributed by atoms with van der Waals surface area (Å²) in [5, 5.41) is 8.80. The Balaban J connectivity index is 1.59. The van der Waals surface area contributed by atoms with Gasteiger partial charge in [0.25, 0.3) is 0 Å². The Kier molecular flexibility index (Phi) is 5.25. The van der Waals surface area contributed by atoms with E-state index in [1.54, 1.807) is 11.0 Å². The van der Waals surface area contributed by atoms with Crippen molar-refractivity contribution in [2.24, 2.45) is 11.8 Å². The topological polar surface area (TPSA) is 57.6 Å². The van der Waals surface area contributed by atoms with Crippen LogP contribution in [0.2, 0.25) is 0 Å². The fourth-order valence-electron chi connectivity index (χ4n) is 3.84. The van der Waals surface area contributed by atoms with E-state index < -0.39 is 17.7 Å². The molecule has 0 bridgehead atoms. The number of nitrogens with zero attached hydrogens (tertiary/aromatic N) is 1. The van der Waals surface area contributed by atoms with Crippen molar-refractivity contribution in [2.75, 3.05) is 13.1 Å². The first-order valence-electron chi connectivity index (χ1n) is 8.93. The highest BCUT2D eigenvalue weighted by Crippen LogP contribution is 2.49. The number of hydrogen-bond acceptors (Lipinski definition) is 2. The maximum absolute atomic E-state index is 12.9. The highest BCUT2D eigenvalue weighted by Gasteiger charge is 2.46. The predicted molar refractivity (Wildman–Crippen MR) is 88.5 cm³/mol. The third kappa shape index (κ3) is 4.37. The van der Waals surface area contributed by atoms with Gasteiger partial charge in [-0.1, -0.05) is 18.2 Å². The lowest BCUT2D eigenvalue weighted by Gasteiger charge is -2.33. The fraction of sp³-hybridized carbons (Fsp3) is 0.579. The highest BCUT2D eigenvalue weighted by molar-refractivity contribution is 5.83. The second kappa shape index (κ2) is 7.29. The number of carboxylic acids is 1. The molecule has 7 heteroatoms. The number of alkyl halides is 3. The van der Waals surface area contributed by atoms with Gasteiger partial charge in [0, 0.05) is 25.4 Å². The van der Waals surface area contributed by atoms with Crippen LogP contribution in [0.15, 0.2) is 24.3 Å². The molecule has 1 saturated carbocycles. The van der Waals surface area contributed by atoms with Gasteiger partial charge in [-0.25, -0.2) is 0 Å². The van der Waals surface area contributed by atoms with E-state index in [0.717, 1.165) is 25.0 Å². The Labute approximate surface area is 150 Å². The minimum Gasteiger partial charge on any atom is -0.481 e. The van der Waals surface area contributed by atoms with Crippen molar-refractivity contribution < 1.29 is 27.9 Å². The number of halogens is 3. The van der Waals surface area contributed by atoms with Crippen molar-refractivity contribution in [3.63, 3.8) is 0 Å². The van der Waals surface area contributed by atoms with E-state index in [2.05, 4.69) is 0 Å². The summed E-state index contributed by atoms with van der Waals surface area (Å²) < 4.78 is 38.6. The lowest BCUT2D eigenvalue weighted by molar-refractivity contribution is -0.138. The van der Waals surface area contributed by atoms with Gasteiger partial charge in [0.2, 0.25) is 5.91 Å². The number of benzene rings is 1. The van der Waals surface area contributed by atoms with Gasteiger partial charge < -0.3 is 10.0 Å². The summed E-state index contributed by atoms with van der Waals surface area (Å²) in [5.41, 5.74) is -0.114. The molecular formula is C19H22F3NO3. The SMILES string of the molecule is O=C(O)CC[C@@H]1CCCN(C(=O)[C@H]2C[C@@H]2c2cccc(C(F)(F)F)c2)C1. The second-order valence-corrected chi connectivity index (χ2v) is 7.30. The van der Waals surface area contributed by atoms with Crippen molar-refractivity contribution in [3.8, 4) is 0 Å². The van der Waals surface area contributed by atoms with Crippen molar-refractivity contribution in [2.45, 2.75) is 44.2 Å². The molecule has 2 aliphatic rings. The normalized spacial score (nSPS) is 25.8. The summed E-state index contributed by atoms with van der Waals surface area (Å²) in [6.07, 6.45) is -1.38. The molecule has 4 nitrogen and oxygen atoms in total.